The van der Waals surface area contributed by atoms with Crippen molar-refractivity contribution in [2.45, 2.75) is 52.1 Å². The minimum absolute atomic E-state index is 0.0809. The topological polar surface area (TPSA) is 79.0 Å². The van der Waals surface area contributed by atoms with E-state index in [0.717, 1.165) is 11.6 Å². The van der Waals surface area contributed by atoms with Gasteiger partial charge in [-0.25, -0.2) is 13.4 Å². The SMILES string of the molecule is CC1CCS(=O)(=O)CCN1Cc1nc(C(C)(C)C)n[nH]1. The Kier molecular flexibility index (Phi) is 4.20. The van der Waals surface area contributed by atoms with Crippen LogP contribution in [-0.2, 0) is 21.8 Å². The summed E-state index contributed by atoms with van der Waals surface area (Å²) in [6, 6.07) is 0.246. The van der Waals surface area contributed by atoms with Crippen molar-refractivity contribution in [3.05, 3.63) is 11.6 Å². The molecule has 0 radical (unpaired) electrons. The van der Waals surface area contributed by atoms with Crippen molar-refractivity contribution in [1.29, 1.82) is 0 Å². The lowest BCUT2D eigenvalue weighted by Gasteiger charge is -2.24. The van der Waals surface area contributed by atoms with Gasteiger partial charge >= 0.3 is 0 Å². The van der Waals surface area contributed by atoms with E-state index in [4.69, 9.17) is 0 Å². The standard InChI is InChI=1S/C13H24N4O2S/c1-10-5-7-20(18,19)8-6-17(10)9-11-14-12(16-15-11)13(2,3)4/h10H,5-9H2,1-4H3,(H,14,15,16). The van der Waals surface area contributed by atoms with Crippen molar-refractivity contribution < 1.29 is 8.42 Å². The summed E-state index contributed by atoms with van der Waals surface area (Å²) in [5, 5.41) is 7.22. The van der Waals surface area contributed by atoms with Crippen molar-refractivity contribution >= 4 is 9.84 Å². The molecule has 1 N–H and O–H groups in total. The summed E-state index contributed by atoms with van der Waals surface area (Å²) in [5.41, 5.74) is -0.0809. The highest BCUT2D eigenvalue weighted by Gasteiger charge is 2.26. The fraction of sp³-hybridized carbons (Fsp3) is 0.846. The number of nitrogens with one attached hydrogen (secondary N) is 1. The number of nitrogens with zero attached hydrogens (tertiary/aromatic N) is 3. The molecule has 1 atom stereocenters. The van der Waals surface area contributed by atoms with Gasteiger partial charge < -0.3 is 0 Å². The highest BCUT2D eigenvalue weighted by molar-refractivity contribution is 7.91. The van der Waals surface area contributed by atoms with Crippen molar-refractivity contribution in [1.82, 2.24) is 20.1 Å². The van der Waals surface area contributed by atoms with E-state index in [1.54, 1.807) is 0 Å². The third kappa shape index (κ3) is 3.79. The molecule has 0 saturated carbocycles. The van der Waals surface area contributed by atoms with Crippen LogP contribution in [0.1, 0.15) is 45.8 Å². The van der Waals surface area contributed by atoms with Crippen molar-refractivity contribution in [2.24, 2.45) is 0 Å². The van der Waals surface area contributed by atoms with Gasteiger partial charge in [0.05, 0.1) is 18.1 Å². The van der Waals surface area contributed by atoms with E-state index in [0.29, 0.717) is 19.5 Å². The van der Waals surface area contributed by atoms with E-state index in [9.17, 15) is 8.42 Å². The van der Waals surface area contributed by atoms with Gasteiger partial charge in [-0.15, -0.1) is 0 Å². The number of sulfone groups is 1. The lowest BCUT2D eigenvalue weighted by molar-refractivity contribution is 0.207. The Morgan fingerprint density at radius 1 is 1.35 bits per heavy atom. The van der Waals surface area contributed by atoms with Gasteiger partial charge in [-0.3, -0.25) is 10.00 Å². The van der Waals surface area contributed by atoms with Crippen LogP contribution in [0, 0.1) is 0 Å². The molecule has 1 aliphatic heterocycles. The number of hydrogen-bond acceptors (Lipinski definition) is 5. The largest absolute Gasteiger partial charge is 0.292 e. The summed E-state index contributed by atoms with van der Waals surface area (Å²) in [6.07, 6.45) is 0.683. The summed E-state index contributed by atoms with van der Waals surface area (Å²) >= 11 is 0. The Bertz CT molecular complexity index is 559. The zero-order valence-corrected chi connectivity index (χ0v) is 13.5. The lowest BCUT2D eigenvalue weighted by atomic mass is 9.96. The number of aromatic amines is 1. The molecule has 2 rings (SSSR count). The van der Waals surface area contributed by atoms with E-state index in [2.05, 4.69) is 47.8 Å². The monoisotopic (exact) mass is 300 g/mol. The highest BCUT2D eigenvalue weighted by atomic mass is 32.2. The van der Waals surface area contributed by atoms with Crippen LogP contribution in [0.2, 0.25) is 0 Å². The molecule has 1 fully saturated rings. The molecule has 1 unspecified atom stereocenters. The number of hydrogen-bond donors (Lipinski definition) is 1. The zero-order chi connectivity index (χ0) is 15.0. The molecule has 0 aromatic carbocycles. The van der Waals surface area contributed by atoms with Gasteiger partial charge in [0.2, 0.25) is 0 Å². The second kappa shape index (κ2) is 5.44. The quantitative estimate of drug-likeness (QED) is 0.885. The fourth-order valence-electron chi connectivity index (χ4n) is 2.24. The molecule has 1 saturated heterocycles. The Balaban J connectivity index is 2.07. The smallest absolute Gasteiger partial charge is 0.156 e. The minimum atomic E-state index is -2.88. The minimum Gasteiger partial charge on any atom is -0.292 e. The van der Waals surface area contributed by atoms with Crippen molar-refractivity contribution in [3.63, 3.8) is 0 Å². The second-order valence-corrected chi connectivity index (χ2v) is 8.92. The first-order valence-corrected chi connectivity index (χ1v) is 8.86. The van der Waals surface area contributed by atoms with Crippen LogP contribution in [0.5, 0.6) is 0 Å². The normalized spacial score (nSPS) is 24.5. The summed E-state index contributed by atoms with van der Waals surface area (Å²) in [6.45, 7) is 9.47. The molecule has 6 nitrogen and oxygen atoms in total. The van der Waals surface area contributed by atoms with E-state index in [1.165, 1.54) is 0 Å². The molecule has 20 heavy (non-hydrogen) atoms. The van der Waals surface area contributed by atoms with E-state index in [-0.39, 0.29) is 23.0 Å². The molecule has 0 amide bonds. The summed E-state index contributed by atoms with van der Waals surface area (Å²) < 4.78 is 23.4. The highest BCUT2D eigenvalue weighted by Crippen LogP contribution is 2.19. The van der Waals surface area contributed by atoms with E-state index in [1.807, 2.05) is 0 Å². The summed E-state index contributed by atoms with van der Waals surface area (Å²) in [7, 11) is -2.88. The first kappa shape index (κ1) is 15.4. The van der Waals surface area contributed by atoms with Crippen LogP contribution in [0.15, 0.2) is 0 Å². The van der Waals surface area contributed by atoms with E-state index < -0.39 is 9.84 Å². The van der Waals surface area contributed by atoms with Crippen LogP contribution >= 0.6 is 0 Å². The van der Waals surface area contributed by atoms with Gasteiger partial charge in [0.25, 0.3) is 0 Å². The molecule has 0 aliphatic carbocycles. The fourth-order valence-corrected chi connectivity index (χ4v) is 3.66. The number of aromatic nitrogens is 3. The molecular weight excluding hydrogens is 276 g/mol. The van der Waals surface area contributed by atoms with Crippen LogP contribution in [0.25, 0.3) is 0 Å². The van der Waals surface area contributed by atoms with Crippen LogP contribution in [-0.4, -0.2) is 52.6 Å². The molecule has 7 heteroatoms. The van der Waals surface area contributed by atoms with Gasteiger partial charge in [-0.2, -0.15) is 5.10 Å². The first-order chi connectivity index (χ1) is 9.17. The maximum absolute atomic E-state index is 11.7. The summed E-state index contributed by atoms with van der Waals surface area (Å²) in [5.74, 6) is 2.12. The Morgan fingerprint density at radius 2 is 2.05 bits per heavy atom. The van der Waals surface area contributed by atoms with Gasteiger partial charge in [0.15, 0.2) is 15.7 Å². The Labute approximate surface area is 120 Å². The van der Waals surface area contributed by atoms with Crippen molar-refractivity contribution in [3.8, 4) is 0 Å². The predicted molar refractivity (Wildman–Crippen MR) is 78.2 cm³/mol. The molecule has 2 heterocycles. The van der Waals surface area contributed by atoms with Crippen LogP contribution < -0.4 is 0 Å². The zero-order valence-electron chi connectivity index (χ0n) is 12.7. The number of rotatable bonds is 2. The Hall–Kier alpha value is -0.950. The van der Waals surface area contributed by atoms with Gasteiger partial charge in [-0.1, -0.05) is 20.8 Å². The average molecular weight is 300 g/mol. The lowest BCUT2D eigenvalue weighted by Crippen LogP contribution is -2.33. The van der Waals surface area contributed by atoms with E-state index >= 15 is 0 Å². The van der Waals surface area contributed by atoms with Crippen LogP contribution in [0.4, 0.5) is 0 Å². The maximum atomic E-state index is 11.7. The average Bonchev–Trinajstić information content (AvgIpc) is 2.75. The van der Waals surface area contributed by atoms with Crippen molar-refractivity contribution in [2.75, 3.05) is 18.1 Å². The third-order valence-electron chi connectivity index (χ3n) is 3.71. The Morgan fingerprint density at radius 3 is 2.65 bits per heavy atom. The molecule has 114 valence electrons. The summed E-state index contributed by atoms with van der Waals surface area (Å²) in [4.78, 5) is 6.68. The second-order valence-electron chi connectivity index (χ2n) is 6.62. The molecular formula is C13H24N4O2S. The predicted octanol–water partition coefficient (Wildman–Crippen LogP) is 1.11. The van der Waals surface area contributed by atoms with Gasteiger partial charge in [0.1, 0.15) is 5.82 Å². The molecule has 1 aromatic heterocycles. The van der Waals surface area contributed by atoms with Gasteiger partial charge in [0, 0.05) is 18.0 Å². The molecule has 1 aliphatic rings. The first-order valence-electron chi connectivity index (χ1n) is 7.03. The maximum Gasteiger partial charge on any atom is 0.156 e. The molecule has 0 spiro atoms. The van der Waals surface area contributed by atoms with Crippen LogP contribution in [0.3, 0.4) is 0 Å². The van der Waals surface area contributed by atoms with Gasteiger partial charge in [-0.05, 0) is 13.3 Å². The number of H-pyrrole nitrogens is 1. The third-order valence-corrected chi connectivity index (χ3v) is 5.38. The molecule has 1 aromatic rings. The molecule has 0 bridgehead atoms.